The van der Waals surface area contributed by atoms with Gasteiger partial charge in [0.15, 0.2) is 0 Å². The van der Waals surface area contributed by atoms with Gasteiger partial charge in [0.2, 0.25) is 10.0 Å². The van der Waals surface area contributed by atoms with E-state index in [9.17, 15) is 18.3 Å². The molecule has 2 aliphatic rings. The lowest BCUT2D eigenvalue weighted by Crippen LogP contribution is -2.53. The molecule has 1 aliphatic heterocycles. The number of nitrogens with one attached hydrogen (secondary N) is 2. The molecule has 0 unspecified atom stereocenters. The Labute approximate surface area is 249 Å². The van der Waals surface area contributed by atoms with Gasteiger partial charge >= 0.3 is 0 Å². The summed E-state index contributed by atoms with van der Waals surface area (Å²) in [5.41, 5.74) is 2.23. The fourth-order valence-corrected chi connectivity index (χ4v) is 7.31. The second kappa shape index (κ2) is 12.2. The number of para-hydroxylation sites is 1. The molecule has 1 heterocycles. The molecule has 224 valence electrons. The molecule has 8 nitrogen and oxygen atoms in total. The van der Waals surface area contributed by atoms with Crippen LogP contribution in [0.2, 0.25) is 0 Å². The van der Waals surface area contributed by atoms with E-state index in [-0.39, 0.29) is 10.8 Å². The molecule has 9 heteroatoms. The number of hydrogen-bond acceptors (Lipinski definition) is 6. The number of aliphatic hydroxyl groups excluding tert-OH is 1. The van der Waals surface area contributed by atoms with Gasteiger partial charge in [-0.25, -0.2) is 13.1 Å². The molecule has 2 atom stereocenters. The van der Waals surface area contributed by atoms with Crippen LogP contribution in [0.4, 0.5) is 5.69 Å². The van der Waals surface area contributed by atoms with Gasteiger partial charge in [0, 0.05) is 29.4 Å². The first-order valence-corrected chi connectivity index (χ1v) is 16.1. The third kappa shape index (κ3) is 6.54. The molecule has 1 aliphatic carbocycles. The summed E-state index contributed by atoms with van der Waals surface area (Å²) >= 11 is 0. The standard InChI is InChI=1S/C33H41N3O5S/c1-22-11-10-15-26(19-22)42(39,40)35-30-27-20-23(17-18-29(27)41-33(2,3)31(30)37)32(38)34-28-16-9-8-12-24(28)21-36(4)25-13-6-5-7-14-25/h8-12,15-20,25,30-31,35,37H,5-7,13-14,21H2,1-4H3,(H,34,38)/t30-,31+/m1/s1. The van der Waals surface area contributed by atoms with Crippen LogP contribution in [0.1, 0.15) is 79.0 Å². The molecular formula is C33H41N3O5S. The number of rotatable bonds is 8. The molecule has 3 N–H and O–H groups in total. The van der Waals surface area contributed by atoms with Crippen LogP contribution in [-0.4, -0.2) is 49.1 Å². The first-order valence-electron chi connectivity index (χ1n) is 14.6. The predicted molar refractivity (Wildman–Crippen MR) is 164 cm³/mol. The maximum Gasteiger partial charge on any atom is 0.255 e. The first-order chi connectivity index (χ1) is 19.9. The van der Waals surface area contributed by atoms with Crippen LogP contribution in [-0.2, 0) is 16.6 Å². The van der Waals surface area contributed by atoms with E-state index in [0.717, 1.165) is 23.4 Å². The van der Waals surface area contributed by atoms with Gasteiger partial charge in [-0.1, -0.05) is 49.6 Å². The lowest BCUT2D eigenvalue weighted by Gasteiger charge is -2.42. The Morgan fingerprint density at radius 3 is 2.50 bits per heavy atom. The molecule has 0 bridgehead atoms. The summed E-state index contributed by atoms with van der Waals surface area (Å²) in [6.07, 6.45) is 4.98. The third-order valence-corrected chi connectivity index (χ3v) is 9.91. The highest BCUT2D eigenvalue weighted by Gasteiger charge is 2.45. The van der Waals surface area contributed by atoms with Crippen molar-refractivity contribution < 1.29 is 23.1 Å². The molecule has 0 radical (unpaired) electrons. The zero-order valence-corrected chi connectivity index (χ0v) is 25.6. The predicted octanol–water partition coefficient (Wildman–Crippen LogP) is 5.56. The van der Waals surface area contributed by atoms with Crippen LogP contribution in [0.3, 0.4) is 0 Å². The summed E-state index contributed by atoms with van der Waals surface area (Å²) in [4.78, 5) is 16.0. The average molecular weight is 592 g/mol. The normalized spacial score (nSPS) is 20.5. The first kappa shape index (κ1) is 30.2. The maximum absolute atomic E-state index is 13.5. The Hall–Kier alpha value is -3.24. The van der Waals surface area contributed by atoms with E-state index >= 15 is 0 Å². The Kier molecular flexibility index (Phi) is 8.76. The number of carbonyl (C=O) groups excluding carboxylic acids is 1. The van der Waals surface area contributed by atoms with Crippen molar-refractivity contribution in [3.05, 3.63) is 89.0 Å². The van der Waals surface area contributed by atoms with E-state index in [1.807, 2.05) is 37.3 Å². The third-order valence-electron chi connectivity index (χ3n) is 8.47. The largest absolute Gasteiger partial charge is 0.485 e. The minimum atomic E-state index is -3.99. The number of benzene rings is 3. The maximum atomic E-state index is 13.5. The zero-order chi connectivity index (χ0) is 30.1. The van der Waals surface area contributed by atoms with Gasteiger partial charge in [0.1, 0.15) is 17.5 Å². The smallest absolute Gasteiger partial charge is 0.255 e. The van der Waals surface area contributed by atoms with E-state index in [1.54, 1.807) is 44.2 Å². The second-order valence-electron chi connectivity index (χ2n) is 12.1. The number of fused-ring (bicyclic) bond motifs is 1. The van der Waals surface area contributed by atoms with Gasteiger partial charge in [0.25, 0.3) is 5.91 Å². The molecule has 3 aromatic rings. The Morgan fingerprint density at radius 1 is 1.02 bits per heavy atom. The molecule has 0 saturated heterocycles. The van der Waals surface area contributed by atoms with Gasteiger partial charge in [0.05, 0.1) is 10.9 Å². The van der Waals surface area contributed by atoms with Crippen LogP contribution in [0.15, 0.2) is 71.6 Å². The Balaban J connectivity index is 1.40. The van der Waals surface area contributed by atoms with E-state index in [0.29, 0.717) is 22.9 Å². The van der Waals surface area contributed by atoms with Crippen LogP contribution >= 0.6 is 0 Å². The lowest BCUT2D eigenvalue weighted by molar-refractivity contribution is -0.0603. The number of aliphatic hydroxyl groups is 1. The highest BCUT2D eigenvalue weighted by Crippen LogP contribution is 2.41. The summed E-state index contributed by atoms with van der Waals surface area (Å²) in [5.74, 6) is 0.0819. The highest BCUT2D eigenvalue weighted by molar-refractivity contribution is 7.89. The number of anilines is 1. The number of nitrogens with zero attached hydrogens (tertiary/aromatic N) is 1. The molecule has 0 spiro atoms. The molecule has 0 aromatic heterocycles. The monoisotopic (exact) mass is 591 g/mol. The molecule has 42 heavy (non-hydrogen) atoms. The van der Waals surface area contributed by atoms with Crippen LogP contribution in [0.5, 0.6) is 5.75 Å². The molecule has 1 amide bonds. The van der Waals surface area contributed by atoms with Gasteiger partial charge in [-0.15, -0.1) is 0 Å². The van der Waals surface area contributed by atoms with Crippen LogP contribution in [0.25, 0.3) is 0 Å². The van der Waals surface area contributed by atoms with Crippen molar-refractivity contribution in [3.63, 3.8) is 0 Å². The summed E-state index contributed by atoms with van der Waals surface area (Å²) in [5, 5.41) is 14.3. The number of hydrogen-bond donors (Lipinski definition) is 3. The van der Waals surface area contributed by atoms with E-state index < -0.39 is 27.8 Å². The van der Waals surface area contributed by atoms with Crippen molar-refractivity contribution in [1.29, 1.82) is 0 Å². The zero-order valence-electron chi connectivity index (χ0n) is 24.8. The lowest BCUT2D eigenvalue weighted by atomic mass is 9.86. The van der Waals surface area contributed by atoms with Gasteiger partial charge < -0.3 is 15.2 Å². The van der Waals surface area contributed by atoms with Gasteiger partial charge in [-0.05, 0) is 88.2 Å². The van der Waals surface area contributed by atoms with Crippen LogP contribution in [0, 0.1) is 6.92 Å². The summed E-state index contributed by atoms with van der Waals surface area (Å²) < 4.78 is 35.5. The van der Waals surface area contributed by atoms with Crippen molar-refractivity contribution in [2.45, 2.75) is 88.1 Å². The topological polar surface area (TPSA) is 108 Å². The molecule has 1 saturated carbocycles. The number of sulfonamides is 1. The molecule has 3 aromatic carbocycles. The summed E-state index contributed by atoms with van der Waals surface area (Å²) in [6.45, 7) is 5.95. The quantitative estimate of drug-likeness (QED) is 0.317. The SMILES string of the molecule is Cc1cccc(S(=O)(=O)N[C@@H]2c3cc(C(=O)Nc4ccccc4CN(C)C4CCCCC4)ccc3OC(C)(C)[C@H]2O)c1. The molecule has 5 rings (SSSR count). The number of ether oxygens (including phenoxy) is 1. The Morgan fingerprint density at radius 2 is 1.76 bits per heavy atom. The van der Waals surface area contributed by atoms with E-state index in [1.165, 1.54) is 38.2 Å². The second-order valence-corrected chi connectivity index (χ2v) is 13.9. The average Bonchev–Trinajstić information content (AvgIpc) is 2.96. The fraction of sp³-hybridized carbons (Fsp3) is 0.424. The van der Waals surface area contributed by atoms with Crippen molar-refractivity contribution in [1.82, 2.24) is 9.62 Å². The minimum Gasteiger partial charge on any atom is -0.485 e. The van der Waals surface area contributed by atoms with Crippen molar-refractivity contribution in [2.24, 2.45) is 0 Å². The molecule has 1 fully saturated rings. The summed E-state index contributed by atoms with van der Waals surface area (Å²) in [6, 6.07) is 18.8. The Bertz CT molecular complexity index is 1550. The number of aryl methyl sites for hydroxylation is 1. The number of carbonyl (C=O) groups is 1. The minimum absolute atomic E-state index is 0.101. The van der Waals surface area contributed by atoms with Crippen LogP contribution < -0.4 is 14.8 Å². The van der Waals surface area contributed by atoms with E-state index in [2.05, 4.69) is 22.0 Å². The highest BCUT2D eigenvalue weighted by atomic mass is 32.2. The van der Waals surface area contributed by atoms with Crippen molar-refractivity contribution >= 4 is 21.6 Å². The van der Waals surface area contributed by atoms with Crippen molar-refractivity contribution in [2.75, 3.05) is 12.4 Å². The van der Waals surface area contributed by atoms with Gasteiger partial charge in [-0.2, -0.15) is 0 Å². The summed E-state index contributed by atoms with van der Waals surface area (Å²) in [7, 11) is -1.85. The van der Waals surface area contributed by atoms with Crippen molar-refractivity contribution in [3.8, 4) is 5.75 Å². The van der Waals surface area contributed by atoms with Gasteiger partial charge in [-0.3, -0.25) is 9.69 Å². The molecular weight excluding hydrogens is 550 g/mol. The fourth-order valence-electron chi connectivity index (χ4n) is 5.98. The van der Waals surface area contributed by atoms with E-state index in [4.69, 9.17) is 4.74 Å². The number of amides is 1.